The van der Waals surface area contributed by atoms with Crippen LogP contribution < -0.4 is 10.0 Å². The van der Waals surface area contributed by atoms with Crippen LogP contribution in [-0.2, 0) is 14.8 Å². The molecule has 0 spiro atoms. The summed E-state index contributed by atoms with van der Waals surface area (Å²) in [5.74, 6) is -0.144. The van der Waals surface area contributed by atoms with Gasteiger partial charge in [0.1, 0.15) is 15.2 Å². The second kappa shape index (κ2) is 5.69. The number of sulfonamides is 1. The molecule has 8 heteroatoms. The first-order valence-electron chi connectivity index (χ1n) is 5.80. The third-order valence-electron chi connectivity index (χ3n) is 2.54. The molecule has 1 aliphatic carbocycles. The molecule has 1 aliphatic rings. The lowest BCUT2D eigenvalue weighted by molar-refractivity contribution is -0.121. The number of nitrogens with zero attached hydrogens (tertiary/aromatic N) is 1. The van der Waals surface area contributed by atoms with E-state index >= 15 is 0 Å². The van der Waals surface area contributed by atoms with Gasteiger partial charge in [-0.1, -0.05) is 0 Å². The maximum absolute atomic E-state index is 11.8. The van der Waals surface area contributed by atoms with Gasteiger partial charge >= 0.3 is 0 Å². The van der Waals surface area contributed by atoms with Gasteiger partial charge in [-0.3, -0.25) is 4.79 Å². The lowest BCUT2D eigenvalue weighted by Gasteiger charge is -2.05. The molecular weight excluding hydrogens is 286 g/mol. The molecule has 1 heterocycles. The van der Waals surface area contributed by atoms with Crippen LogP contribution in [0, 0.1) is 11.3 Å². The first-order valence-corrected chi connectivity index (χ1v) is 8.10. The van der Waals surface area contributed by atoms with Crippen LogP contribution in [0.2, 0.25) is 0 Å². The number of amides is 1. The molecule has 2 N–H and O–H groups in total. The molecule has 0 bridgehead atoms. The molecule has 0 unspecified atom stereocenters. The van der Waals surface area contributed by atoms with E-state index in [4.69, 9.17) is 5.26 Å². The molecule has 0 radical (unpaired) electrons. The number of thiophene rings is 1. The van der Waals surface area contributed by atoms with Crippen molar-refractivity contribution in [2.24, 2.45) is 0 Å². The lowest BCUT2D eigenvalue weighted by atomic mass is 10.4. The van der Waals surface area contributed by atoms with Crippen LogP contribution >= 0.6 is 11.3 Å². The van der Waals surface area contributed by atoms with Crippen molar-refractivity contribution in [2.45, 2.75) is 29.5 Å². The van der Waals surface area contributed by atoms with Gasteiger partial charge < -0.3 is 5.32 Å². The number of rotatable bonds is 6. The fraction of sp³-hybridized carbons (Fsp3) is 0.455. The number of hydrogen-bond donors (Lipinski definition) is 2. The molecule has 1 aromatic heterocycles. The molecule has 1 amide bonds. The molecule has 102 valence electrons. The van der Waals surface area contributed by atoms with E-state index in [2.05, 4.69) is 10.0 Å². The third-order valence-corrected chi connectivity index (χ3v) is 5.49. The van der Waals surface area contributed by atoms with Crippen molar-refractivity contribution in [3.63, 3.8) is 0 Å². The number of carbonyl (C=O) groups excluding carboxylic acids is 1. The Morgan fingerprint density at radius 1 is 1.47 bits per heavy atom. The molecule has 2 rings (SSSR count). The minimum absolute atomic E-state index is 0.0562. The fourth-order valence-corrected chi connectivity index (χ4v) is 3.60. The van der Waals surface area contributed by atoms with Crippen LogP contribution in [0.15, 0.2) is 16.3 Å². The van der Waals surface area contributed by atoms with Crippen molar-refractivity contribution in [3.8, 4) is 6.07 Å². The summed E-state index contributed by atoms with van der Waals surface area (Å²) in [6.45, 7) is 0.0562. The minimum atomic E-state index is -3.62. The summed E-state index contributed by atoms with van der Waals surface area (Å²) < 4.78 is 26.1. The summed E-state index contributed by atoms with van der Waals surface area (Å²) in [7, 11) is -3.62. The largest absolute Gasteiger partial charge is 0.353 e. The van der Waals surface area contributed by atoms with Gasteiger partial charge in [0.15, 0.2) is 0 Å². The van der Waals surface area contributed by atoms with Crippen molar-refractivity contribution in [1.29, 1.82) is 5.26 Å². The van der Waals surface area contributed by atoms with Gasteiger partial charge in [0.05, 0.1) is 0 Å². The summed E-state index contributed by atoms with van der Waals surface area (Å²) in [5, 5.41) is 11.4. The van der Waals surface area contributed by atoms with E-state index in [0.717, 1.165) is 24.2 Å². The second-order valence-electron chi connectivity index (χ2n) is 4.22. The van der Waals surface area contributed by atoms with Crippen molar-refractivity contribution in [1.82, 2.24) is 10.0 Å². The first-order chi connectivity index (χ1) is 9.01. The quantitative estimate of drug-likeness (QED) is 0.802. The second-order valence-corrected chi connectivity index (χ2v) is 7.30. The predicted octanol–water partition coefficient (Wildman–Crippen LogP) is 0.567. The Hall–Kier alpha value is -1.43. The van der Waals surface area contributed by atoms with Crippen LogP contribution in [0.4, 0.5) is 0 Å². The molecular formula is C11H13N3O3S2. The predicted molar refractivity (Wildman–Crippen MR) is 70.0 cm³/mol. The SMILES string of the molecule is N#Cc1ccc(S(=O)(=O)NCCC(=O)NC2CC2)s1. The average molecular weight is 299 g/mol. The molecule has 19 heavy (non-hydrogen) atoms. The maximum atomic E-state index is 11.8. The Kier molecular flexibility index (Phi) is 4.19. The molecule has 0 saturated heterocycles. The number of nitriles is 1. The van der Waals surface area contributed by atoms with Gasteiger partial charge in [0.25, 0.3) is 0 Å². The molecule has 0 aliphatic heterocycles. The van der Waals surface area contributed by atoms with E-state index in [0.29, 0.717) is 4.88 Å². The molecule has 0 aromatic carbocycles. The number of carbonyl (C=O) groups is 1. The zero-order chi connectivity index (χ0) is 13.9. The van der Waals surface area contributed by atoms with E-state index in [9.17, 15) is 13.2 Å². The zero-order valence-corrected chi connectivity index (χ0v) is 11.7. The van der Waals surface area contributed by atoms with Gasteiger partial charge in [-0.05, 0) is 25.0 Å². The highest BCUT2D eigenvalue weighted by molar-refractivity contribution is 7.91. The van der Waals surface area contributed by atoms with Gasteiger partial charge in [-0.25, -0.2) is 13.1 Å². The van der Waals surface area contributed by atoms with E-state index in [1.54, 1.807) is 0 Å². The van der Waals surface area contributed by atoms with Crippen molar-refractivity contribution < 1.29 is 13.2 Å². The average Bonchev–Trinajstić information content (AvgIpc) is 3.02. The maximum Gasteiger partial charge on any atom is 0.250 e. The summed E-state index contributed by atoms with van der Waals surface area (Å²) >= 11 is 0.907. The van der Waals surface area contributed by atoms with Crippen LogP contribution in [0.5, 0.6) is 0 Å². The number of hydrogen-bond acceptors (Lipinski definition) is 5. The Morgan fingerprint density at radius 3 is 2.79 bits per heavy atom. The van der Waals surface area contributed by atoms with E-state index < -0.39 is 10.0 Å². The zero-order valence-electron chi connectivity index (χ0n) is 10.0. The molecule has 1 fully saturated rings. The minimum Gasteiger partial charge on any atom is -0.353 e. The summed E-state index contributed by atoms with van der Waals surface area (Å²) in [6.07, 6.45) is 2.12. The normalized spacial score (nSPS) is 14.9. The van der Waals surface area contributed by atoms with Crippen LogP contribution in [0.3, 0.4) is 0 Å². The fourth-order valence-electron chi connectivity index (χ4n) is 1.42. The van der Waals surface area contributed by atoms with Gasteiger partial charge in [0.2, 0.25) is 15.9 Å². The Morgan fingerprint density at radius 2 is 2.21 bits per heavy atom. The Balaban J connectivity index is 1.83. The molecule has 1 aromatic rings. The van der Waals surface area contributed by atoms with Gasteiger partial charge in [-0.2, -0.15) is 5.26 Å². The summed E-state index contributed by atoms with van der Waals surface area (Å²) in [6, 6.07) is 5.00. The standard InChI is InChI=1S/C11H13N3O3S2/c12-7-9-3-4-11(18-9)19(16,17)13-6-5-10(15)14-8-1-2-8/h3-4,8,13H,1-2,5-6H2,(H,14,15). The number of nitrogens with one attached hydrogen (secondary N) is 2. The summed E-state index contributed by atoms with van der Waals surface area (Å²) in [4.78, 5) is 11.7. The van der Waals surface area contributed by atoms with Crippen molar-refractivity contribution in [3.05, 3.63) is 17.0 Å². The van der Waals surface area contributed by atoms with E-state index in [1.165, 1.54) is 12.1 Å². The van der Waals surface area contributed by atoms with E-state index in [1.807, 2.05) is 6.07 Å². The van der Waals surface area contributed by atoms with Gasteiger partial charge in [0, 0.05) is 19.0 Å². The molecule has 0 atom stereocenters. The highest BCUT2D eigenvalue weighted by Gasteiger charge is 2.23. The van der Waals surface area contributed by atoms with Crippen molar-refractivity contribution >= 4 is 27.3 Å². The first kappa shape index (κ1) is 14.0. The van der Waals surface area contributed by atoms with Crippen LogP contribution in [0.25, 0.3) is 0 Å². The topological polar surface area (TPSA) is 99.1 Å². The highest BCUT2D eigenvalue weighted by Crippen LogP contribution is 2.20. The van der Waals surface area contributed by atoms with Gasteiger partial charge in [-0.15, -0.1) is 11.3 Å². The Bertz CT molecular complexity index is 611. The van der Waals surface area contributed by atoms with Crippen LogP contribution in [0.1, 0.15) is 24.1 Å². The third kappa shape index (κ3) is 4.02. The van der Waals surface area contributed by atoms with Crippen LogP contribution in [-0.4, -0.2) is 26.9 Å². The van der Waals surface area contributed by atoms with E-state index in [-0.39, 0.29) is 29.1 Å². The molecule has 6 nitrogen and oxygen atoms in total. The molecule has 1 saturated carbocycles. The van der Waals surface area contributed by atoms with Crippen molar-refractivity contribution in [2.75, 3.05) is 6.54 Å². The lowest BCUT2D eigenvalue weighted by Crippen LogP contribution is -2.31. The monoisotopic (exact) mass is 299 g/mol. The highest BCUT2D eigenvalue weighted by atomic mass is 32.2. The smallest absolute Gasteiger partial charge is 0.250 e. The summed E-state index contributed by atoms with van der Waals surface area (Å²) in [5.41, 5.74) is 0. The Labute approximate surface area is 115 Å².